The Morgan fingerprint density at radius 2 is 1.97 bits per heavy atom. The average molecular weight is 435 g/mol. The van der Waals surface area contributed by atoms with Crippen molar-refractivity contribution in [3.8, 4) is 5.88 Å². The van der Waals surface area contributed by atoms with Crippen LogP contribution < -0.4 is 9.64 Å². The van der Waals surface area contributed by atoms with Gasteiger partial charge in [-0.15, -0.1) is 11.3 Å². The molecular weight excluding hydrogens is 417 g/mol. The predicted octanol–water partition coefficient (Wildman–Crippen LogP) is 4.49. The Morgan fingerprint density at radius 1 is 1.28 bits per heavy atom. The average Bonchev–Trinajstić information content (AvgIpc) is 3.12. The number of pyridine rings is 1. The molecule has 1 saturated heterocycles. The quantitative estimate of drug-likeness (QED) is 0.474. The van der Waals surface area contributed by atoms with Crippen molar-refractivity contribution in [1.29, 1.82) is 0 Å². The van der Waals surface area contributed by atoms with Crippen LogP contribution >= 0.6 is 11.3 Å². The number of carbonyl (C=O) groups excluding carboxylic acids is 1. The Hall–Kier alpha value is -2.30. The summed E-state index contributed by atoms with van der Waals surface area (Å²) in [6, 6.07) is 2.60. The summed E-state index contributed by atoms with van der Waals surface area (Å²) < 4.78 is 68.8. The molecule has 0 aliphatic carbocycles. The van der Waals surface area contributed by atoms with Crippen molar-refractivity contribution in [2.75, 3.05) is 24.6 Å². The van der Waals surface area contributed by atoms with Crippen LogP contribution in [0.2, 0.25) is 0 Å². The fraction of sp³-hybridized carbons (Fsp3) is 0.500. The molecule has 2 aromatic heterocycles. The van der Waals surface area contributed by atoms with Gasteiger partial charge in [-0.2, -0.15) is 13.2 Å². The maximum Gasteiger partial charge on any atom is 0.422 e. The van der Waals surface area contributed by atoms with Crippen molar-refractivity contribution in [2.24, 2.45) is 0 Å². The molecule has 29 heavy (non-hydrogen) atoms. The fourth-order valence-electron chi connectivity index (χ4n) is 2.89. The summed E-state index contributed by atoms with van der Waals surface area (Å²) in [6.07, 6.45) is -3.00. The Kier molecular flexibility index (Phi) is 5.54. The van der Waals surface area contributed by atoms with Gasteiger partial charge in [-0.3, -0.25) is 4.79 Å². The van der Waals surface area contributed by atoms with Crippen molar-refractivity contribution in [1.82, 2.24) is 9.97 Å². The van der Waals surface area contributed by atoms with E-state index < -0.39 is 48.9 Å². The first-order valence-corrected chi connectivity index (χ1v) is 9.51. The van der Waals surface area contributed by atoms with Crippen LogP contribution in [0, 0.1) is 0 Å². The molecule has 3 heterocycles. The molecule has 0 saturated carbocycles. The van der Waals surface area contributed by atoms with Gasteiger partial charge in [0, 0.05) is 23.4 Å². The van der Waals surface area contributed by atoms with Gasteiger partial charge in [-0.05, 0) is 12.1 Å². The first-order valence-electron chi connectivity index (χ1n) is 8.63. The second-order valence-electron chi connectivity index (χ2n) is 7.46. The minimum atomic E-state index is -4.63. The van der Waals surface area contributed by atoms with Crippen LogP contribution in [0.25, 0.3) is 0 Å². The van der Waals surface area contributed by atoms with Crippen LogP contribution in [-0.2, 0) is 5.41 Å². The van der Waals surface area contributed by atoms with Crippen LogP contribution in [-0.4, -0.2) is 47.5 Å². The van der Waals surface area contributed by atoms with Gasteiger partial charge in [0.1, 0.15) is 11.4 Å². The summed E-state index contributed by atoms with van der Waals surface area (Å²) in [7, 11) is 0. The molecule has 0 spiro atoms. The number of aromatic nitrogens is 2. The number of Topliss-reactive ketones (excluding diaryl/α,β-unsaturated/α-hetero) is 1. The lowest BCUT2D eigenvalue weighted by Gasteiger charge is -2.40. The number of ketones is 1. The molecule has 0 bridgehead atoms. The standard InChI is InChI=1S/C18H18F5N3O2S/c1-16(2,15-24-5-6-29-15)7-13(27)11-3-4-12(26-8-17(19,20)9-26)14(25-11)28-10-18(21,22)23/h3-6H,7-10H2,1-2H3. The van der Waals surface area contributed by atoms with Crippen LogP contribution in [0.1, 0.15) is 35.8 Å². The van der Waals surface area contributed by atoms with Gasteiger partial charge >= 0.3 is 6.18 Å². The van der Waals surface area contributed by atoms with E-state index in [9.17, 15) is 26.7 Å². The molecule has 0 N–H and O–H groups in total. The minimum Gasteiger partial charge on any atom is -0.467 e. The zero-order chi connectivity index (χ0) is 21.4. The number of rotatable bonds is 7. The summed E-state index contributed by atoms with van der Waals surface area (Å²) in [5, 5.41) is 2.51. The van der Waals surface area contributed by atoms with E-state index in [1.165, 1.54) is 23.5 Å². The number of halogens is 5. The van der Waals surface area contributed by atoms with Gasteiger partial charge in [0.05, 0.1) is 18.1 Å². The van der Waals surface area contributed by atoms with E-state index in [1.807, 2.05) is 13.8 Å². The fourth-order valence-corrected chi connectivity index (χ4v) is 3.66. The Bertz CT molecular complexity index is 876. The number of carbonyl (C=O) groups is 1. The van der Waals surface area contributed by atoms with E-state index in [1.54, 1.807) is 11.6 Å². The van der Waals surface area contributed by atoms with E-state index in [2.05, 4.69) is 9.97 Å². The largest absolute Gasteiger partial charge is 0.467 e. The third kappa shape index (κ3) is 5.20. The van der Waals surface area contributed by atoms with Crippen molar-refractivity contribution in [3.63, 3.8) is 0 Å². The van der Waals surface area contributed by atoms with Gasteiger partial charge in [0.15, 0.2) is 12.4 Å². The van der Waals surface area contributed by atoms with Crippen LogP contribution in [0.15, 0.2) is 23.7 Å². The van der Waals surface area contributed by atoms with E-state index in [0.29, 0.717) is 0 Å². The molecule has 1 aliphatic rings. The molecule has 5 nitrogen and oxygen atoms in total. The van der Waals surface area contributed by atoms with E-state index in [-0.39, 0.29) is 17.8 Å². The monoisotopic (exact) mass is 435 g/mol. The van der Waals surface area contributed by atoms with Gasteiger partial charge in [0.2, 0.25) is 5.88 Å². The van der Waals surface area contributed by atoms with Gasteiger partial charge in [-0.25, -0.2) is 18.7 Å². The SMILES string of the molecule is CC(C)(CC(=O)c1ccc(N2CC(F)(F)C2)c(OCC(F)(F)F)n1)c1nccs1. The molecule has 3 rings (SSSR count). The molecule has 0 atom stereocenters. The molecule has 0 radical (unpaired) electrons. The summed E-state index contributed by atoms with van der Waals surface area (Å²) in [5.74, 6) is -3.83. The molecule has 2 aromatic rings. The Labute approximate surface area is 167 Å². The Balaban J connectivity index is 1.82. The highest BCUT2D eigenvalue weighted by Gasteiger charge is 2.45. The number of nitrogens with zero attached hydrogens (tertiary/aromatic N) is 3. The third-order valence-electron chi connectivity index (χ3n) is 4.30. The number of ether oxygens (including phenoxy) is 1. The topological polar surface area (TPSA) is 55.3 Å². The Morgan fingerprint density at radius 3 is 2.52 bits per heavy atom. The second kappa shape index (κ2) is 7.51. The molecule has 0 unspecified atom stereocenters. The van der Waals surface area contributed by atoms with E-state index in [0.717, 1.165) is 9.91 Å². The van der Waals surface area contributed by atoms with Gasteiger partial charge in [-0.1, -0.05) is 13.8 Å². The third-order valence-corrected chi connectivity index (χ3v) is 5.44. The zero-order valence-electron chi connectivity index (χ0n) is 15.6. The van der Waals surface area contributed by atoms with Crippen molar-refractivity contribution in [2.45, 2.75) is 37.8 Å². The summed E-state index contributed by atoms with van der Waals surface area (Å²) >= 11 is 1.39. The van der Waals surface area contributed by atoms with E-state index in [4.69, 9.17) is 4.74 Å². The van der Waals surface area contributed by atoms with E-state index >= 15 is 0 Å². The first-order chi connectivity index (χ1) is 13.4. The van der Waals surface area contributed by atoms with Gasteiger partial charge < -0.3 is 9.64 Å². The first kappa shape index (κ1) is 21.4. The number of hydrogen-bond acceptors (Lipinski definition) is 6. The minimum absolute atomic E-state index is 0.00379. The number of thiazole rings is 1. The van der Waals surface area contributed by atoms with Gasteiger partial charge in [0.25, 0.3) is 5.92 Å². The highest BCUT2D eigenvalue weighted by molar-refractivity contribution is 7.09. The van der Waals surface area contributed by atoms with Crippen molar-refractivity contribution in [3.05, 3.63) is 34.4 Å². The predicted molar refractivity (Wildman–Crippen MR) is 97.0 cm³/mol. The molecule has 11 heteroatoms. The number of anilines is 1. The van der Waals surface area contributed by atoms with Crippen molar-refractivity contribution < 1.29 is 31.5 Å². The number of hydrogen-bond donors (Lipinski definition) is 0. The molecule has 0 amide bonds. The summed E-state index contributed by atoms with van der Waals surface area (Å²) in [4.78, 5) is 22.0. The zero-order valence-corrected chi connectivity index (χ0v) is 16.4. The molecule has 1 aliphatic heterocycles. The molecular formula is C18H18F5N3O2S. The molecule has 1 fully saturated rings. The normalized spacial score (nSPS) is 16.4. The highest BCUT2D eigenvalue weighted by Crippen LogP contribution is 2.37. The lowest BCUT2D eigenvalue weighted by Crippen LogP contribution is -2.56. The summed E-state index contributed by atoms with van der Waals surface area (Å²) in [6.45, 7) is 0.699. The highest BCUT2D eigenvalue weighted by atomic mass is 32.1. The number of alkyl halides is 5. The maximum absolute atomic E-state index is 13.2. The lowest BCUT2D eigenvalue weighted by molar-refractivity contribution is -0.154. The smallest absolute Gasteiger partial charge is 0.422 e. The lowest BCUT2D eigenvalue weighted by atomic mass is 9.87. The van der Waals surface area contributed by atoms with Crippen LogP contribution in [0.4, 0.5) is 27.6 Å². The van der Waals surface area contributed by atoms with Crippen LogP contribution in [0.5, 0.6) is 5.88 Å². The maximum atomic E-state index is 13.2. The van der Waals surface area contributed by atoms with Crippen molar-refractivity contribution >= 4 is 22.8 Å². The summed E-state index contributed by atoms with van der Waals surface area (Å²) in [5.41, 5.74) is -0.697. The second-order valence-corrected chi connectivity index (χ2v) is 8.35. The molecule has 158 valence electrons. The molecule has 0 aromatic carbocycles. The van der Waals surface area contributed by atoms with Crippen LogP contribution in [0.3, 0.4) is 0 Å².